The number of halogens is 2. The molecule has 6 nitrogen and oxygen atoms in total. The van der Waals surface area contributed by atoms with E-state index in [4.69, 9.17) is 32.7 Å². The van der Waals surface area contributed by atoms with Crippen molar-refractivity contribution >= 4 is 34.8 Å². The second kappa shape index (κ2) is 19.1. The molecule has 0 saturated heterocycles. The molecule has 0 amide bonds. The maximum atomic E-state index is 15.6. The first-order valence-corrected chi connectivity index (χ1v) is 21.6. The monoisotopic (exact) mass is 852 g/mol. The van der Waals surface area contributed by atoms with E-state index >= 15 is 9.59 Å². The third kappa shape index (κ3) is 9.72. The molecule has 320 valence electrons. The van der Waals surface area contributed by atoms with Gasteiger partial charge in [0.2, 0.25) is 0 Å². The van der Waals surface area contributed by atoms with E-state index in [9.17, 15) is 10.2 Å². The van der Waals surface area contributed by atoms with Crippen LogP contribution in [0.2, 0.25) is 10.0 Å². The summed E-state index contributed by atoms with van der Waals surface area (Å²) in [5, 5.41) is 27.1. The molecule has 2 aliphatic rings. The summed E-state index contributed by atoms with van der Waals surface area (Å²) in [6, 6.07) is 19.4. The SMILES string of the molecule is C=C(C)C(CC=C(C)C)CC12CC(CC=C(C)C)C(C)(C)C(CC=C(C)C)(C(=O)C(C(=O)c3ccc(OCc4ccc(Cl)cc4)c(OCc4ccc(Cl)cc4)c3)=C1O)C2O. The minimum absolute atomic E-state index is 0.108. The summed E-state index contributed by atoms with van der Waals surface area (Å²) in [6.45, 7) is 22.9. The molecule has 3 aromatic rings. The Labute approximate surface area is 367 Å². The van der Waals surface area contributed by atoms with Crippen LogP contribution in [0.1, 0.15) is 116 Å². The topological polar surface area (TPSA) is 93.1 Å². The first-order valence-electron chi connectivity index (χ1n) is 20.9. The van der Waals surface area contributed by atoms with Crippen LogP contribution in [0.4, 0.5) is 0 Å². The van der Waals surface area contributed by atoms with Gasteiger partial charge in [0, 0.05) is 15.6 Å². The number of aliphatic hydroxyl groups is 2. The predicted molar refractivity (Wildman–Crippen MR) is 245 cm³/mol. The number of carbonyl (C=O) groups excluding carboxylic acids is 2. The zero-order valence-corrected chi connectivity index (χ0v) is 38.3. The molecule has 5 unspecified atom stereocenters. The second-order valence-corrected chi connectivity index (χ2v) is 19.2. The highest BCUT2D eigenvalue weighted by molar-refractivity contribution is 6.31. The van der Waals surface area contributed by atoms with Crippen LogP contribution < -0.4 is 9.47 Å². The highest BCUT2D eigenvalue weighted by Crippen LogP contribution is 2.69. The number of ether oxygens (including phenoxy) is 2. The van der Waals surface area contributed by atoms with Crippen molar-refractivity contribution in [3.8, 4) is 11.5 Å². The van der Waals surface area contributed by atoms with E-state index in [0.717, 1.165) is 33.4 Å². The Morgan fingerprint density at radius 1 is 0.817 bits per heavy atom. The third-order valence-corrected chi connectivity index (χ3v) is 13.4. The van der Waals surface area contributed by atoms with E-state index in [2.05, 4.69) is 46.4 Å². The molecule has 5 rings (SSSR count). The average Bonchev–Trinajstić information content (AvgIpc) is 3.18. The van der Waals surface area contributed by atoms with Crippen LogP contribution >= 0.6 is 23.2 Å². The molecule has 0 radical (unpaired) electrons. The first-order chi connectivity index (χ1) is 28.2. The van der Waals surface area contributed by atoms with Crippen molar-refractivity contribution < 1.29 is 29.3 Å². The fourth-order valence-electron chi connectivity index (χ4n) is 9.09. The van der Waals surface area contributed by atoms with Crippen molar-refractivity contribution in [1.29, 1.82) is 0 Å². The number of ketones is 2. The van der Waals surface area contributed by atoms with Gasteiger partial charge in [-0.1, -0.05) is 108 Å². The number of hydrogen-bond donors (Lipinski definition) is 2. The Morgan fingerprint density at radius 3 is 1.87 bits per heavy atom. The van der Waals surface area contributed by atoms with Crippen LogP contribution in [0.3, 0.4) is 0 Å². The van der Waals surface area contributed by atoms with E-state index < -0.39 is 33.9 Å². The summed E-state index contributed by atoms with van der Waals surface area (Å²) >= 11 is 12.3. The van der Waals surface area contributed by atoms with E-state index in [1.807, 2.05) is 65.0 Å². The Hall–Kier alpha value is -4.36. The van der Waals surface area contributed by atoms with Gasteiger partial charge in [-0.25, -0.2) is 0 Å². The molecule has 0 aromatic heterocycles. The Bertz CT molecular complexity index is 2200. The van der Waals surface area contributed by atoms with Crippen LogP contribution in [0.5, 0.6) is 11.5 Å². The van der Waals surface area contributed by atoms with E-state index in [-0.39, 0.29) is 54.1 Å². The molecule has 8 heteroatoms. The normalized spacial score (nSPS) is 22.4. The fourth-order valence-corrected chi connectivity index (χ4v) is 9.35. The summed E-state index contributed by atoms with van der Waals surface area (Å²) in [6.07, 6.45) is 7.24. The number of fused-ring (bicyclic) bond motifs is 2. The number of Topliss-reactive ketones (excluding diaryl/α,β-unsaturated/α-hetero) is 2. The highest BCUT2D eigenvalue weighted by Gasteiger charge is 2.72. The van der Waals surface area contributed by atoms with Gasteiger partial charge in [0.05, 0.1) is 16.9 Å². The van der Waals surface area contributed by atoms with Crippen LogP contribution in [0.25, 0.3) is 0 Å². The molecular weight excluding hydrogens is 791 g/mol. The standard InChI is InChI=1S/C52H62Cl2O6/c1-32(2)11-17-39(35(7)8)28-51-29-40(19-12-33(3)4)50(9,10)52(49(51)58,26-25-34(5)6)48(57)45(47(51)56)46(55)38-18-24-43(59-30-36-13-20-41(53)21-14-36)44(27-38)60-31-37-15-22-42(54)23-16-37/h11-16,18,20-25,27,39-40,49,56,58H,7,17,19,26,28-31H2,1-6,8-10H3. The lowest BCUT2D eigenvalue weighted by atomic mass is 9.38. The summed E-state index contributed by atoms with van der Waals surface area (Å²) in [5.41, 5.74) is 2.24. The van der Waals surface area contributed by atoms with Gasteiger partial charge in [-0.2, -0.15) is 0 Å². The van der Waals surface area contributed by atoms with Gasteiger partial charge >= 0.3 is 0 Å². The lowest BCUT2D eigenvalue weighted by Crippen LogP contribution is -2.69. The van der Waals surface area contributed by atoms with Crippen LogP contribution in [0.15, 0.2) is 125 Å². The molecule has 2 N–H and O–H groups in total. The van der Waals surface area contributed by atoms with Crippen molar-refractivity contribution in [2.75, 3.05) is 0 Å². The fraction of sp³-hybridized carbons (Fsp3) is 0.423. The Kier molecular flexibility index (Phi) is 14.9. The lowest BCUT2D eigenvalue weighted by Gasteiger charge is -2.65. The molecule has 0 spiro atoms. The number of aliphatic hydroxyl groups excluding tert-OH is 2. The van der Waals surface area contributed by atoms with Crippen molar-refractivity contribution in [2.45, 2.75) is 114 Å². The predicted octanol–water partition coefficient (Wildman–Crippen LogP) is 13.8. The minimum atomic E-state index is -1.44. The Morgan fingerprint density at radius 2 is 1.35 bits per heavy atom. The smallest absolute Gasteiger partial charge is 0.200 e. The Balaban J connectivity index is 1.71. The van der Waals surface area contributed by atoms with E-state index in [1.54, 1.807) is 42.5 Å². The van der Waals surface area contributed by atoms with Crippen molar-refractivity contribution in [3.05, 3.63) is 152 Å². The molecule has 60 heavy (non-hydrogen) atoms. The van der Waals surface area contributed by atoms with Gasteiger partial charge in [0.15, 0.2) is 23.1 Å². The molecule has 3 aromatic carbocycles. The zero-order valence-electron chi connectivity index (χ0n) is 36.8. The lowest BCUT2D eigenvalue weighted by molar-refractivity contribution is -0.204. The third-order valence-electron chi connectivity index (χ3n) is 12.9. The van der Waals surface area contributed by atoms with Crippen molar-refractivity contribution in [1.82, 2.24) is 0 Å². The summed E-state index contributed by atoms with van der Waals surface area (Å²) < 4.78 is 12.6. The number of benzene rings is 3. The van der Waals surface area contributed by atoms with Gasteiger partial charge < -0.3 is 19.7 Å². The largest absolute Gasteiger partial charge is 0.511 e. The first kappa shape index (κ1) is 46.7. The molecule has 2 bridgehead atoms. The molecule has 0 heterocycles. The minimum Gasteiger partial charge on any atom is -0.511 e. The molecule has 1 fully saturated rings. The molecule has 5 atom stereocenters. The molecule has 1 saturated carbocycles. The van der Waals surface area contributed by atoms with Crippen molar-refractivity contribution in [2.24, 2.45) is 28.1 Å². The average molecular weight is 854 g/mol. The van der Waals surface area contributed by atoms with E-state index in [1.165, 1.54) is 0 Å². The second-order valence-electron chi connectivity index (χ2n) is 18.3. The van der Waals surface area contributed by atoms with Gasteiger partial charge in [0.25, 0.3) is 0 Å². The van der Waals surface area contributed by atoms with Gasteiger partial charge in [-0.05, 0) is 151 Å². The van der Waals surface area contributed by atoms with Crippen LogP contribution in [-0.4, -0.2) is 27.9 Å². The number of carbonyl (C=O) groups is 2. The maximum absolute atomic E-state index is 15.6. The van der Waals surface area contributed by atoms with Crippen LogP contribution in [-0.2, 0) is 18.0 Å². The molecule has 0 aliphatic heterocycles. The number of rotatable bonds is 17. The quantitative estimate of drug-likeness (QED) is 0.0798. The van der Waals surface area contributed by atoms with Crippen molar-refractivity contribution in [3.63, 3.8) is 0 Å². The highest BCUT2D eigenvalue weighted by atomic mass is 35.5. The maximum Gasteiger partial charge on any atom is 0.200 e. The van der Waals surface area contributed by atoms with Gasteiger partial charge in [-0.3, -0.25) is 9.59 Å². The molecule has 2 aliphatic carbocycles. The van der Waals surface area contributed by atoms with E-state index in [0.29, 0.717) is 41.5 Å². The summed E-state index contributed by atoms with van der Waals surface area (Å²) in [4.78, 5) is 30.8. The summed E-state index contributed by atoms with van der Waals surface area (Å²) in [5.74, 6) is -1.09. The number of allylic oxidation sites excluding steroid dienone is 8. The zero-order chi connectivity index (χ0) is 44.2. The molecular formula is C52H62Cl2O6. The van der Waals surface area contributed by atoms with Crippen LogP contribution in [0, 0.1) is 28.1 Å². The van der Waals surface area contributed by atoms with Gasteiger partial charge in [-0.15, -0.1) is 0 Å². The summed E-state index contributed by atoms with van der Waals surface area (Å²) in [7, 11) is 0. The number of hydrogen-bond acceptors (Lipinski definition) is 6. The van der Waals surface area contributed by atoms with Gasteiger partial charge in [0.1, 0.15) is 24.5 Å².